The number of hydrogen-bond donors (Lipinski definition) is 0. The van der Waals surface area contributed by atoms with E-state index in [1.165, 1.54) is 24.6 Å². The number of nitrogens with zero attached hydrogens (tertiary/aromatic N) is 5. The van der Waals surface area contributed by atoms with Crippen molar-refractivity contribution in [3.63, 3.8) is 0 Å². The summed E-state index contributed by atoms with van der Waals surface area (Å²) in [7, 11) is 0. The van der Waals surface area contributed by atoms with Crippen molar-refractivity contribution < 1.29 is 4.79 Å². The molecule has 2 aromatic heterocycles. The average Bonchev–Trinajstić information content (AvgIpc) is 3.36. The molecule has 6 heteroatoms. The van der Waals surface area contributed by atoms with Gasteiger partial charge in [-0.25, -0.2) is 0 Å². The van der Waals surface area contributed by atoms with Crippen LogP contribution in [0, 0.1) is 6.92 Å². The molecule has 1 fully saturated rings. The average molecular weight is 377 g/mol. The minimum absolute atomic E-state index is 0.0639. The number of amides is 1. The summed E-state index contributed by atoms with van der Waals surface area (Å²) in [6.45, 7) is 4.26. The first-order valence-electron chi connectivity index (χ1n) is 10.5. The van der Waals surface area contributed by atoms with Gasteiger partial charge in [0.1, 0.15) is 12.4 Å². The third-order valence-electron chi connectivity index (χ3n) is 6.32. The number of likely N-dealkylation sites (tertiary alicyclic amines) is 1. The van der Waals surface area contributed by atoms with Gasteiger partial charge in [-0.1, -0.05) is 24.6 Å². The van der Waals surface area contributed by atoms with Crippen LogP contribution < -0.4 is 0 Å². The van der Waals surface area contributed by atoms with E-state index in [1.807, 2.05) is 17.0 Å². The van der Waals surface area contributed by atoms with Gasteiger partial charge in [-0.15, -0.1) is 10.2 Å². The van der Waals surface area contributed by atoms with Crippen molar-refractivity contribution in [1.29, 1.82) is 0 Å². The maximum Gasteiger partial charge on any atom is 0.243 e. The number of fused-ring (bicyclic) bond motifs is 2. The summed E-state index contributed by atoms with van der Waals surface area (Å²) in [5.41, 5.74) is 2.25. The highest BCUT2D eigenvalue weighted by Gasteiger charge is 2.34. The zero-order chi connectivity index (χ0) is 19.1. The van der Waals surface area contributed by atoms with E-state index >= 15 is 0 Å². The first-order valence-corrected chi connectivity index (χ1v) is 10.5. The molecule has 1 unspecified atom stereocenters. The van der Waals surface area contributed by atoms with Gasteiger partial charge in [-0.3, -0.25) is 4.79 Å². The van der Waals surface area contributed by atoms with Crippen molar-refractivity contribution in [3.8, 4) is 0 Å². The fourth-order valence-electron chi connectivity index (χ4n) is 4.87. The molecule has 5 rings (SSSR count). The van der Waals surface area contributed by atoms with Gasteiger partial charge in [-0.2, -0.15) is 0 Å². The third kappa shape index (κ3) is 2.91. The van der Waals surface area contributed by atoms with Crippen LogP contribution >= 0.6 is 0 Å². The summed E-state index contributed by atoms with van der Waals surface area (Å²) in [5, 5.41) is 10.2. The molecule has 2 aliphatic rings. The highest BCUT2D eigenvalue weighted by Crippen LogP contribution is 2.33. The topological polar surface area (TPSA) is 56.0 Å². The van der Waals surface area contributed by atoms with E-state index in [0.29, 0.717) is 6.54 Å². The molecule has 0 bridgehead atoms. The van der Waals surface area contributed by atoms with E-state index in [2.05, 4.69) is 44.5 Å². The largest absolute Gasteiger partial charge is 0.335 e. The lowest BCUT2D eigenvalue weighted by Crippen LogP contribution is -2.34. The number of rotatable bonds is 3. The van der Waals surface area contributed by atoms with Gasteiger partial charge in [0.15, 0.2) is 5.82 Å². The smallest absolute Gasteiger partial charge is 0.243 e. The van der Waals surface area contributed by atoms with Crippen LogP contribution in [0.4, 0.5) is 0 Å². The molecule has 4 heterocycles. The predicted molar refractivity (Wildman–Crippen MR) is 108 cm³/mol. The highest BCUT2D eigenvalue weighted by molar-refractivity contribution is 5.84. The monoisotopic (exact) mass is 377 g/mol. The molecule has 146 valence electrons. The van der Waals surface area contributed by atoms with E-state index in [4.69, 9.17) is 0 Å². The van der Waals surface area contributed by atoms with Crippen LogP contribution in [0.1, 0.15) is 55.5 Å². The molecule has 28 heavy (non-hydrogen) atoms. The summed E-state index contributed by atoms with van der Waals surface area (Å²) in [6.07, 6.45) is 6.62. The highest BCUT2D eigenvalue weighted by atomic mass is 16.2. The number of aromatic nitrogens is 4. The molecular formula is C22H27N5O. The Labute approximate surface area is 165 Å². The third-order valence-corrected chi connectivity index (χ3v) is 6.32. The Kier molecular flexibility index (Phi) is 4.41. The Bertz CT molecular complexity index is 1020. The fraction of sp³-hybridized carbons (Fsp3) is 0.500. The van der Waals surface area contributed by atoms with Crippen LogP contribution in [0.3, 0.4) is 0 Å². The van der Waals surface area contributed by atoms with Gasteiger partial charge in [0, 0.05) is 30.7 Å². The van der Waals surface area contributed by atoms with Crippen LogP contribution in [0.5, 0.6) is 0 Å². The van der Waals surface area contributed by atoms with Crippen LogP contribution in [-0.4, -0.2) is 36.7 Å². The second-order valence-corrected chi connectivity index (χ2v) is 8.11. The van der Waals surface area contributed by atoms with Gasteiger partial charge < -0.3 is 14.0 Å². The standard InChI is InChI=1S/C22H27N5O/c1-16-14-17-8-4-5-9-18(17)27(16)15-21(28)25-13-7-10-19(25)22-24-23-20-11-3-2-6-12-26(20)22/h4-5,8-9,14,19H,2-3,6-7,10-13,15H2,1H3. The lowest BCUT2D eigenvalue weighted by atomic mass is 10.2. The van der Waals surface area contributed by atoms with Crippen molar-refractivity contribution in [2.24, 2.45) is 0 Å². The molecule has 1 aromatic carbocycles. The first kappa shape index (κ1) is 17.5. The number of aryl methyl sites for hydroxylation is 2. The molecule has 0 aliphatic carbocycles. The molecule has 0 spiro atoms. The number of para-hydroxylation sites is 1. The van der Waals surface area contributed by atoms with E-state index in [9.17, 15) is 4.79 Å². The fourth-order valence-corrected chi connectivity index (χ4v) is 4.87. The summed E-state index contributed by atoms with van der Waals surface area (Å²) >= 11 is 0. The molecule has 6 nitrogen and oxygen atoms in total. The summed E-state index contributed by atoms with van der Waals surface area (Å²) in [4.78, 5) is 15.3. The van der Waals surface area contributed by atoms with Crippen molar-refractivity contribution in [2.75, 3.05) is 6.54 Å². The van der Waals surface area contributed by atoms with Crippen molar-refractivity contribution >= 4 is 16.8 Å². The number of carbonyl (C=O) groups excluding carboxylic acids is 1. The summed E-state index contributed by atoms with van der Waals surface area (Å²) < 4.78 is 4.43. The second kappa shape index (κ2) is 7.08. The molecule has 3 aromatic rings. The lowest BCUT2D eigenvalue weighted by Gasteiger charge is -2.25. The van der Waals surface area contributed by atoms with Gasteiger partial charge in [0.05, 0.1) is 6.04 Å². The molecule has 0 N–H and O–H groups in total. The Morgan fingerprint density at radius 3 is 2.93 bits per heavy atom. The maximum atomic E-state index is 13.3. The number of carbonyl (C=O) groups is 1. The van der Waals surface area contributed by atoms with E-state index < -0.39 is 0 Å². The molecule has 1 saturated heterocycles. The molecule has 0 saturated carbocycles. The molecule has 1 atom stereocenters. The SMILES string of the molecule is Cc1cc2ccccc2n1CC(=O)N1CCCC1c1nnc2n1CCCCC2. The van der Waals surface area contributed by atoms with Crippen molar-refractivity contribution in [2.45, 2.75) is 64.6 Å². The number of benzene rings is 1. The quantitative estimate of drug-likeness (QED) is 0.700. The predicted octanol–water partition coefficient (Wildman–Crippen LogP) is 3.63. The zero-order valence-electron chi connectivity index (χ0n) is 16.5. The van der Waals surface area contributed by atoms with Crippen LogP contribution in [-0.2, 0) is 24.3 Å². The molecule has 1 amide bonds. The maximum absolute atomic E-state index is 13.3. The van der Waals surface area contributed by atoms with Crippen LogP contribution in [0.25, 0.3) is 10.9 Å². The summed E-state index contributed by atoms with van der Waals surface area (Å²) in [5.74, 6) is 2.27. The van der Waals surface area contributed by atoms with Crippen molar-refractivity contribution in [1.82, 2.24) is 24.2 Å². The first-order chi connectivity index (χ1) is 13.7. The molecular weight excluding hydrogens is 350 g/mol. The minimum Gasteiger partial charge on any atom is -0.335 e. The van der Waals surface area contributed by atoms with E-state index in [0.717, 1.165) is 55.2 Å². The second-order valence-electron chi connectivity index (χ2n) is 8.11. The Morgan fingerprint density at radius 1 is 1.11 bits per heavy atom. The Morgan fingerprint density at radius 2 is 2.00 bits per heavy atom. The summed E-state index contributed by atoms with van der Waals surface area (Å²) in [6, 6.07) is 10.5. The molecule has 2 aliphatic heterocycles. The van der Waals surface area contributed by atoms with Gasteiger partial charge >= 0.3 is 0 Å². The Balaban J connectivity index is 1.42. The number of hydrogen-bond acceptors (Lipinski definition) is 3. The van der Waals surface area contributed by atoms with Crippen molar-refractivity contribution in [3.05, 3.63) is 47.7 Å². The van der Waals surface area contributed by atoms with Crippen LogP contribution in [0.15, 0.2) is 30.3 Å². The zero-order valence-corrected chi connectivity index (χ0v) is 16.5. The van der Waals surface area contributed by atoms with Crippen LogP contribution in [0.2, 0.25) is 0 Å². The minimum atomic E-state index is 0.0639. The lowest BCUT2D eigenvalue weighted by molar-refractivity contribution is -0.132. The van der Waals surface area contributed by atoms with Gasteiger partial charge in [0.25, 0.3) is 0 Å². The van der Waals surface area contributed by atoms with Gasteiger partial charge in [0.2, 0.25) is 5.91 Å². The van der Waals surface area contributed by atoms with E-state index in [1.54, 1.807) is 0 Å². The van der Waals surface area contributed by atoms with Gasteiger partial charge in [-0.05, 0) is 50.1 Å². The molecule has 0 radical (unpaired) electrons. The Hall–Kier alpha value is -2.63. The normalized spacial score (nSPS) is 19.8. The van der Waals surface area contributed by atoms with E-state index in [-0.39, 0.29) is 11.9 Å².